The van der Waals surface area contributed by atoms with E-state index in [1.54, 1.807) is 0 Å². The van der Waals surface area contributed by atoms with Gasteiger partial charge in [-0.05, 0) is 24.0 Å². The summed E-state index contributed by atoms with van der Waals surface area (Å²) in [4.78, 5) is 0. The van der Waals surface area contributed by atoms with Crippen LogP contribution in [0, 0.1) is 5.92 Å². The third-order valence-electron chi connectivity index (χ3n) is 2.52. The largest absolute Gasteiger partial charge is 0.388 e. The minimum Gasteiger partial charge on any atom is -0.388 e. The number of rotatable bonds is 5. The molecule has 0 aromatic heterocycles. The van der Waals surface area contributed by atoms with Crippen molar-refractivity contribution < 1.29 is 5.11 Å². The van der Waals surface area contributed by atoms with E-state index in [0.29, 0.717) is 0 Å². The molecule has 2 heteroatoms. The van der Waals surface area contributed by atoms with Gasteiger partial charge in [-0.3, -0.25) is 0 Å². The SMILES string of the molecule is CC(C)CCCC(O)c1ccccc1Br. The summed E-state index contributed by atoms with van der Waals surface area (Å²) in [6.45, 7) is 4.43. The third-order valence-corrected chi connectivity index (χ3v) is 3.25. The van der Waals surface area contributed by atoms with Crippen LogP contribution in [0.1, 0.15) is 44.8 Å². The summed E-state index contributed by atoms with van der Waals surface area (Å²) >= 11 is 3.46. The van der Waals surface area contributed by atoms with Crippen molar-refractivity contribution in [1.29, 1.82) is 0 Å². The predicted molar refractivity (Wildman–Crippen MR) is 67.8 cm³/mol. The Morgan fingerprint density at radius 2 is 1.87 bits per heavy atom. The third kappa shape index (κ3) is 4.35. The Balaban J connectivity index is 2.47. The summed E-state index contributed by atoms with van der Waals surface area (Å²) in [5.41, 5.74) is 1.00. The van der Waals surface area contributed by atoms with Crippen molar-refractivity contribution in [2.75, 3.05) is 0 Å². The van der Waals surface area contributed by atoms with Crippen LogP contribution in [0.5, 0.6) is 0 Å². The molecule has 0 saturated carbocycles. The molecule has 15 heavy (non-hydrogen) atoms. The first-order valence-corrected chi connectivity index (χ1v) is 6.33. The molecule has 0 saturated heterocycles. The van der Waals surface area contributed by atoms with Crippen molar-refractivity contribution in [3.05, 3.63) is 34.3 Å². The van der Waals surface area contributed by atoms with Crippen molar-refractivity contribution >= 4 is 15.9 Å². The molecule has 0 aliphatic carbocycles. The van der Waals surface area contributed by atoms with Gasteiger partial charge in [0.25, 0.3) is 0 Å². The maximum atomic E-state index is 9.98. The molecule has 1 nitrogen and oxygen atoms in total. The van der Waals surface area contributed by atoms with Gasteiger partial charge in [0.15, 0.2) is 0 Å². The number of benzene rings is 1. The highest BCUT2D eigenvalue weighted by Gasteiger charge is 2.10. The standard InChI is InChI=1S/C13H19BrO/c1-10(2)6-5-9-13(15)11-7-3-4-8-12(11)14/h3-4,7-8,10,13,15H,5-6,9H2,1-2H3. The van der Waals surface area contributed by atoms with Crippen LogP contribution < -0.4 is 0 Å². The number of halogens is 1. The van der Waals surface area contributed by atoms with Gasteiger partial charge in [0.1, 0.15) is 0 Å². The molecule has 1 unspecified atom stereocenters. The molecule has 0 amide bonds. The lowest BCUT2D eigenvalue weighted by Crippen LogP contribution is -1.99. The Morgan fingerprint density at radius 3 is 2.47 bits per heavy atom. The van der Waals surface area contributed by atoms with Crippen molar-refractivity contribution in [2.45, 2.75) is 39.2 Å². The monoisotopic (exact) mass is 270 g/mol. The summed E-state index contributed by atoms with van der Waals surface area (Å²) in [5.74, 6) is 0.719. The van der Waals surface area contributed by atoms with Crippen LogP contribution in [0.25, 0.3) is 0 Å². The lowest BCUT2D eigenvalue weighted by Gasteiger charge is -2.13. The van der Waals surface area contributed by atoms with Gasteiger partial charge in [-0.15, -0.1) is 0 Å². The molecule has 0 spiro atoms. The van der Waals surface area contributed by atoms with Gasteiger partial charge in [0, 0.05) is 4.47 Å². The first-order chi connectivity index (χ1) is 7.11. The van der Waals surface area contributed by atoms with E-state index >= 15 is 0 Å². The Kier molecular flexibility index (Phi) is 5.34. The lowest BCUT2D eigenvalue weighted by atomic mass is 10.0. The quantitative estimate of drug-likeness (QED) is 0.846. The van der Waals surface area contributed by atoms with E-state index in [2.05, 4.69) is 29.8 Å². The number of aliphatic hydroxyl groups is 1. The lowest BCUT2D eigenvalue weighted by molar-refractivity contribution is 0.161. The minimum absolute atomic E-state index is 0.334. The summed E-state index contributed by atoms with van der Waals surface area (Å²) in [6, 6.07) is 7.88. The van der Waals surface area contributed by atoms with Gasteiger partial charge in [-0.1, -0.05) is 60.8 Å². The Labute approximate surface area is 101 Å². The minimum atomic E-state index is -0.334. The highest BCUT2D eigenvalue weighted by Crippen LogP contribution is 2.26. The van der Waals surface area contributed by atoms with Gasteiger partial charge in [-0.25, -0.2) is 0 Å². The number of aliphatic hydroxyl groups excluding tert-OH is 1. The van der Waals surface area contributed by atoms with Crippen LogP contribution in [0.15, 0.2) is 28.7 Å². The molecule has 1 atom stereocenters. The average molecular weight is 271 g/mol. The molecular formula is C13H19BrO. The topological polar surface area (TPSA) is 20.2 Å². The first-order valence-electron chi connectivity index (χ1n) is 5.53. The smallest absolute Gasteiger partial charge is 0.0800 e. The van der Waals surface area contributed by atoms with Crippen LogP contribution in [-0.2, 0) is 0 Å². The molecule has 84 valence electrons. The maximum Gasteiger partial charge on any atom is 0.0800 e. The summed E-state index contributed by atoms with van der Waals surface area (Å²) in [7, 11) is 0. The van der Waals surface area contributed by atoms with E-state index in [4.69, 9.17) is 0 Å². The molecular weight excluding hydrogens is 252 g/mol. The van der Waals surface area contributed by atoms with E-state index in [-0.39, 0.29) is 6.10 Å². The van der Waals surface area contributed by atoms with Crippen molar-refractivity contribution in [3.8, 4) is 0 Å². The van der Waals surface area contributed by atoms with Crippen molar-refractivity contribution in [2.24, 2.45) is 5.92 Å². The van der Waals surface area contributed by atoms with Gasteiger partial charge >= 0.3 is 0 Å². The van der Waals surface area contributed by atoms with Crippen LogP contribution in [-0.4, -0.2) is 5.11 Å². The highest BCUT2D eigenvalue weighted by atomic mass is 79.9. The average Bonchev–Trinajstić information content (AvgIpc) is 2.17. The second-order valence-corrected chi connectivity index (χ2v) is 5.22. The zero-order chi connectivity index (χ0) is 11.3. The van der Waals surface area contributed by atoms with E-state index in [0.717, 1.165) is 28.8 Å². The molecule has 1 rings (SSSR count). The molecule has 1 aromatic rings. The Bertz CT molecular complexity index is 296. The summed E-state index contributed by atoms with van der Waals surface area (Å²) in [6.07, 6.45) is 2.78. The van der Waals surface area contributed by atoms with Gasteiger partial charge < -0.3 is 5.11 Å². The molecule has 0 aliphatic heterocycles. The fraction of sp³-hybridized carbons (Fsp3) is 0.538. The summed E-state index contributed by atoms with van der Waals surface area (Å²) < 4.78 is 1.00. The summed E-state index contributed by atoms with van der Waals surface area (Å²) in [5, 5.41) is 9.98. The predicted octanol–water partition coefficient (Wildman–Crippen LogP) is 4.31. The Hall–Kier alpha value is -0.340. The number of hydrogen-bond donors (Lipinski definition) is 1. The van der Waals surface area contributed by atoms with Crippen molar-refractivity contribution in [1.82, 2.24) is 0 Å². The highest BCUT2D eigenvalue weighted by molar-refractivity contribution is 9.10. The maximum absolute atomic E-state index is 9.98. The zero-order valence-electron chi connectivity index (χ0n) is 9.41. The molecule has 0 radical (unpaired) electrons. The van der Waals surface area contributed by atoms with Crippen molar-refractivity contribution in [3.63, 3.8) is 0 Å². The molecule has 1 aromatic carbocycles. The second kappa shape index (κ2) is 6.29. The van der Waals surface area contributed by atoms with Crippen LogP contribution in [0.3, 0.4) is 0 Å². The van der Waals surface area contributed by atoms with Gasteiger partial charge in [0.05, 0.1) is 6.10 Å². The molecule has 0 heterocycles. The molecule has 1 N–H and O–H groups in total. The normalized spacial score (nSPS) is 13.1. The van der Waals surface area contributed by atoms with Gasteiger partial charge in [-0.2, -0.15) is 0 Å². The molecule has 0 bridgehead atoms. The fourth-order valence-electron chi connectivity index (χ4n) is 1.62. The van der Waals surface area contributed by atoms with Gasteiger partial charge in [0.2, 0.25) is 0 Å². The van der Waals surface area contributed by atoms with Crippen LogP contribution in [0.4, 0.5) is 0 Å². The van der Waals surface area contributed by atoms with E-state index in [9.17, 15) is 5.11 Å². The number of hydrogen-bond acceptors (Lipinski definition) is 1. The first kappa shape index (κ1) is 12.7. The van der Waals surface area contributed by atoms with E-state index < -0.39 is 0 Å². The second-order valence-electron chi connectivity index (χ2n) is 4.36. The van der Waals surface area contributed by atoms with E-state index in [1.807, 2.05) is 24.3 Å². The van der Waals surface area contributed by atoms with Crippen LogP contribution >= 0.6 is 15.9 Å². The Morgan fingerprint density at radius 1 is 1.20 bits per heavy atom. The van der Waals surface area contributed by atoms with Crippen LogP contribution in [0.2, 0.25) is 0 Å². The molecule has 0 fully saturated rings. The zero-order valence-corrected chi connectivity index (χ0v) is 11.0. The fourth-order valence-corrected chi connectivity index (χ4v) is 2.17. The molecule has 0 aliphatic rings. The van der Waals surface area contributed by atoms with E-state index in [1.165, 1.54) is 6.42 Å².